The van der Waals surface area contributed by atoms with E-state index in [0.717, 1.165) is 26.3 Å². The molecule has 3 aliphatic rings. The summed E-state index contributed by atoms with van der Waals surface area (Å²) < 4.78 is 7.68. The summed E-state index contributed by atoms with van der Waals surface area (Å²) in [6, 6.07) is 6.93. The summed E-state index contributed by atoms with van der Waals surface area (Å²) >= 11 is 0. The van der Waals surface area contributed by atoms with Crippen LogP contribution >= 0.6 is 0 Å². The third-order valence-electron chi connectivity index (χ3n) is 5.62. The van der Waals surface area contributed by atoms with Gasteiger partial charge in [-0.3, -0.25) is 0 Å². The minimum Gasteiger partial charge on any atom is -0.378 e. The van der Waals surface area contributed by atoms with E-state index in [2.05, 4.69) is 79.9 Å². The highest BCUT2D eigenvalue weighted by Crippen LogP contribution is 2.45. The van der Waals surface area contributed by atoms with Crippen molar-refractivity contribution in [1.29, 1.82) is 0 Å². The molecule has 1 fully saturated rings. The van der Waals surface area contributed by atoms with Crippen LogP contribution < -0.4 is 4.90 Å². The molecular weight excluding hydrogens is 308 g/mol. The first-order valence-electron chi connectivity index (χ1n) is 9.10. The molecule has 1 saturated heterocycles. The van der Waals surface area contributed by atoms with E-state index in [9.17, 15) is 0 Å². The molecule has 0 unspecified atom stereocenters. The molecule has 25 heavy (non-hydrogen) atoms. The van der Waals surface area contributed by atoms with Crippen molar-refractivity contribution in [3.8, 4) is 0 Å². The number of rotatable bonds is 1. The fourth-order valence-electron chi connectivity index (χ4n) is 4.03. The lowest BCUT2D eigenvalue weighted by atomic mass is 9.67. The van der Waals surface area contributed by atoms with Crippen molar-refractivity contribution in [3.63, 3.8) is 0 Å². The van der Waals surface area contributed by atoms with Gasteiger partial charge < -0.3 is 9.64 Å². The third-order valence-corrected chi connectivity index (χ3v) is 5.62. The van der Waals surface area contributed by atoms with E-state index < -0.39 is 0 Å². The lowest BCUT2D eigenvalue weighted by molar-refractivity contribution is -0.462. The van der Waals surface area contributed by atoms with E-state index in [1.54, 1.807) is 0 Å². The van der Waals surface area contributed by atoms with Gasteiger partial charge in [-0.1, -0.05) is 19.9 Å². The van der Waals surface area contributed by atoms with E-state index in [0.29, 0.717) is 0 Å². The molecule has 0 spiro atoms. The van der Waals surface area contributed by atoms with Crippen LogP contribution in [0.1, 0.15) is 25.0 Å². The summed E-state index contributed by atoms with van der Waals surface area (Å²) in [6.07, 6.45) is 9.14. The van der Waals surface area contributed by atoms with E-state index >= 15 is 0 Å². The lowest BCUT2D eigenvalue weighted by Crippen LogP contribution is -2.36. The molecule has 1 heterocycles. The molecule has 1 aromatic rings. The molecule has 4 rings (SSSR count). The first-order valence-corrected chi connectivity index (χ1v) is 9.10. The number of fused-ring (bicyclic) bond motifs is 2. The van der Waals surface area contributed by atoms with Gasteiger partial charge in [0.15, 0.2) is 5.71 Å². The Hall–Kier alpha value is -2.13. The van der Waals surface area contributed by atoms with Gasteiger partial charge >= 0.3 is 0 Å². The molecule has 0 saturated carbocycles. The Bertz CT molecular complexity index is 830. The Labute approximate surface area is 150 Å². The second-order valence-corrected chi connectivity index (χ2v) is 7.81. The number of ether oxygens (including phenoxy) is 1. The fraction of sp³-hybridized carbons (Fsp3) is 0.409. The topological polar surface area (TPSA) is 15.5 Å². The Morgan fingerprint density at radius 1 is 1.04 bits per heavy atom. The second-order valence-electron chi connectivity index (χ2n) is 7.81. The Balaban J connectivity index is 1.81. The summed E-state index contributed by atoms with van der Waals surface area (Å²) in [5.41, 5.74) is 8.07. The average Bonchev–Trinajstić information content (AvgIpc) is 2.62. The number of allylic oxidation sites excluding steroid dienone is 5. The zero-order valence-electron chi connectivity index (χ0n) is 15.7. The Kier molecular flexibility index (Phi) is 3.92. The number of hydrogen-bond acceptors (Lipinski definition) is 2. The molecule has 130 valence electrons. The zero-order valence-corrected chi connectivity index (χ0v) is 15.7. The van der Waals surface area contributed by atoms with Crippen molar-refractivity contribution >= 4 is 17.5 Å². The molecule has 1 aromatic carbocycles. The second kappa shape index (κ2) is 5.99. The molecule has 2 aliphatic carbocycles. The van der Waals surface area contributed by atoms with Gasteiger partial charge in [0, 0.05) is 36.3 Å². The highest BCUT2D eigenvalue weighted by molar-refractivity contribution is 6.04. The van der Waals surface area contributed by atoms with Gasteiger partial charge in [-0.15, -0.1) is 0 Å². The monoisotopic (exact) mass is 335 g/mol. The summed E-state index contributed by atoms with van der Waals surface area (Å²) in [6.45, 7) is 8.29. The lowest BCUT2D eigenvalue weighted by Gasteiger charge is -2.37. The maximum atomic E-state index is 5.50. The third kappa shape index (κ3) is 2.77. The van der Waals surface area contributed by atoms with Crippen LogP contribution in [0.15, 0.2) is 47.6 Å². The van der Waals surface area contributed by atoms with Crippen molar-refractivity contribution in [2.24, 2.45) is 0 Å². The van der Waals surface area contributed by atoms with Gasteiger partial charge in [-0.05, 0) is 46.6 Å². The summed E-state index contributed by atoms with van der Waals surface area (Å²) in [5.74, 6) is 0. The van der Waals surface area contributed by atoms with Gasteiger partial charge in [0.2, 0.25) is 0 Å². The van der Waals surface area contributed by atoms with E-state index in [1.165, 1.54) is 33.7 Å². The van der Waals surface area contributed by atoms with Crippen LogP contribution in [0.5, 0.6) is 0 Å². The van der Waals surface area contributed by atoms with E-state index in [1.807, 2.05) is 0 Å². The molecule has 0 radical (unpaired) electrons. The van der Waals surface area contributed by atoms with Crippen LogP contribution in [0.25, 0.3) is 6.08 Å². The molecule has 0 amide bonds. The molecule has 3 heteroatoms. The number of morpholine rings is 1. The molecule has 3 nitrogen and oxygen atoms in total. The average molecular weight is 335 g/mol. The summed E-state index contributed by atoms with van der Waals surface area (Å²) in [5, 5.41) is 0. The van der Waals surface area contributed by atoms with Crippen LogP contribution in [0, 0.1) is 0 Å². The van der Waals surface area contributed by atoms with Crippen LogP contribution in [-0.2, 0) is 10.2 Å². The van der Waals surface area contributed by atoms with Crippen LogP contribution in [0.3, 0.4) is 0 Å². The van der Waals surface area contributed by atoms with Gasteiger partial charge in [0.25, 0.3) is 0 Å². The smallest absolute Gasteiger partial charge is 0.199 e. The Morgan fingerprint density at radius 2 is 1.80 bits per heavy atom. The predicted octanol–water partition coefficient (Wildman–Crippen LogP) is 3.41. The van der Waals surface area contributed by atoms with Crippen LogP contribution in [0.2, 0.25) is 0 Å². The number of anilines is 1. The fourth-order valence-corrected chi connectivity index (χ4v) is 4.03. The van der Waals surface area contributed by atoms with Crippen LogP contribution in [-0.4, -0.2) is 50.7 Å². The minimum absolute atomic E-state index is 0.00622. The largest absolute Gasteiger partial charge is 0.378 e. The Morgan fingerprint density at radius 3 is 2.52 bits per heavy atom. The molecule has 0 atom stereocenters. The van der Waals surface area contributed by atoms with Crippen molar-refractivity contribution in [3.05, 3.63) is 58.7 Å². The van der Waals surface area contributed by atoms with Gasteiger partial charge in [-0.25, -0.2) is 4.58 Å². The minimum atomic E-state index is -0.00622. The number of hydrogen-bond donors (Lipinski definition) is 0. The standard InChI is InChI=1S/C22H27N2O/c1-22(2)20-14-18(23(3)4)7-5-16(20)13-17-6-8-19(15-21(17)22)24-9-11-25-12-10-24/h5-8,13-15H,9-12H2,1-4H3/q+1. The van der Waals surface area contributed by atoms with Crippen LogP contribution in [0.4, 0.5) is 5.69 Å². The molecular formula is C22H27N2O+. The van der Waals surface area contributed by atoms with Crippen molar-refractivity contribution in [2.45, 2.75) is 19.3 Å². The van der Waals surface area contributed by atoms with Gasteiger partial charge in [0.1, 0.15) is 14.1 Å². The van der Waals surface area contributed by atoms with Crippen molar-refractivity contribution < 1.29 is 9.31 Å². The predicted molar refractivity (Wildman–Crippen MR) is 105 cm³/mol. The van der Waals surface area contributed by atoms with Crippen molar-refractivity contribution in [1.82, 2.24) is 0 Å². The highest BCUT2D eigenvalue weighted by Gasteiger charge is 2.35. The van der Waals surface area contributed by atoms with Gasteiger partial charge in [-0.2, -0.15) is 0 Å². The maximum absolute atomic E-state index is 5.50. The normalized spacial score (nSPS) is 21.3. The quantitative estimate of drug-likeness (QED) is 0.731. The van der Waals surface area contributed by atoms with E-state index in [-0.39, 0.29) is 5.41 Å². The maximum Gasteiger partial charge on any atom is 0.199 e. The summed E-state index contributed by atoms with van der Waals surface area (Å²) in [4.78, 5) is 2.44. The molecule has 0 N–H and O–H groups in total. The van der Waals surface area contributed by atoms with Crippen molar-refractivity contribution in [2.75, 3.05) is 45.3 Å². The van der Waals surface area contributed by atoms with Gasteiger partial charge in [0.05, 0.1) is 13.2 Å². The molecule has 0 bridgehead atoms. The molecule has 0 aromatic heterocycles. The SMILES string of the molecule is C[N+](C)=C1C=CC2=Cc3ccc(N4CCOCC4)cc3C(C)(C)C2=C1. The summed E-state index contributed by atoms with van der Waals surface area (Å²) in [7, 11) is 4.21. The van der Waals surface area contributed by atoms with E-state index in [4.69, 9.17) is 4.74 Å². The highest BCUT2D eigenvalue weighted by atomic mass is 16.5. The first-order chi connectivity index (χ1) is 12.0. The zero-order chi connectivity index (χ0) is 17.6. The molecule has 1 aliphatic heterocycles. The number of nitrogens with zero attached hydrogens (tertiary/aromatic N) is 2. The number of benzene rings is 1. The first kappa shape index (κ1) is 16.3.